The van der Waals surface area contributed by atoms with Gasteiger partial charge in [0.2, 0.25) is 0 Å². The molecular weight excluding hydrogens is 258 g/mol. The Kier molecular flexibility index (Phi) is 6.80. The first-order valence-corrected chi connectivity index (χ1v) is 8.91. The van der Waals surface area contributed by atoms with Gasteiger partial charge in [0.1, 0.15) is 0 Å². The van der Waals surface area contributed by atoms with Gasteiger partial charge in [-0.05, 0) is 52.5 Å². The van der Waals surface area contributed by atoms with Gasteiger partial charge in [-0.3, -0.25) is 0 Å². The molecule has 1 N–H and O–H groups in total. The fraction of sp³-hybridized carbons (Fsp3) is 0.733. The Hall–Kier alpha value is -0.610. The lowest BCUT2D eigenvalue weighted by atomic mass is 10.1. The monoisotopic (exact) mass is 285 g/mol. The lowest BCUT2D eigenvalue weighted by Gasteiger charge is -2.08. The van der Waals surface area contributed by atoms with Crippen molar-refractivity contribution in [2.45, 2.75) is 40.0 Å². The molecule has 0 spiro atoms. The van der Waals surface area contributed by atoms with Crippen molar-refractivity contribution >= 4 is 9.84 Å². The van der Waals surface area contributed by atoms with Gasteiger partial charge in [0.05, 0.1) is 11.5 Å². The van der Waals surface area contributed by atoms with Crippen LogP contribution in [0.5, 0.6) is 0 Å². The molecule has 1 rings (SSSR count). The first kappa shape index (κ1) is 16.4. The summed E-state index contributed by atoms with van der Waals surface area (Å²) in [5, 5.41) is 3.34. The van der Waals surface area contributed by atoms with Crippen LogP contribution in [0.4, 0.5) is 0 Å². The summed E-state index contributed by atoms with van der Waals surface area (Å²) in [6.45, 7) is 8.06. The van der Waals surface area contributed by atoms with E-state index in [-0.39, 0.29) is 0 Å². The van der Waals surface area contributed by atoms with Crippen molar-refractivity contribution in [3.63, 3.8) is 0 Å². The van der Waals surface area contributed by atoms with Crippen LogP contribution in [0.1, 0.15) is 40.0 Å². The molecule has 0 bridgehead atoms. The highest BCUT2D eigenvalue weighted by Crippen LogP contribution is 2.17. The van der Waals surface area contributed by atoms with E-state index in [9.17, 15) is 8.42 Å². The fourth-order valence-corrected chi connectivity index (χ4v) is 4.12. The predicted molar refractivity (Wildman–Crippen MR) is 82.1 cm³/mol. The van der Waals surface area contributed by atoms with Crippen molar-refractivity contribution < 1.29 is 8.42 Å². The van der Waals surface area contributed by atoms with Crippen molar-refractivity contribution in [2.75, 3.05) is 24.6 Å². The lowest BCUT2D eigenvalue weighted by Crippen LogP contribution is -2.23. The van der Waals surface area contributed by atoms with Gasteiger partial charge in [-0.2, -0.15) is 0 Å². The highest BCUT2D eigenvalue weighted by Gasteiger charge is 2.26. The molecule has 0 amide bonds. The number of allylic oxidation sites excluding steroid dienone is 3. The van der Waals surface area contributed by atoms with Crippen LogP contribution in [0, 0.1) is 5.92 Å². The van der Waals surface area contributed by atoms with Crippen molar-refractivity contribution in [3.05, 3.63) is 23.3 Å². The molecule has 0 saturated carbocycles. The van der Waals surface area contributed by atoms with Crippen LogP contribution in [-0.2, 0) is 9.84 Å². The van der Waals surface area contributed by atoms with Crippen LogP contribution in [0.2, 0.25) is 0 Å². The Bertz CT molecular complexity index is 431. The van der Waals surface area contributed by atoms with Crippen LogP contribution in [0.15, 0.2) is 23.3 Å². The zero-order valence-electron chi connectivity index (χ0n) is 12.4. The molecule has 1 aliphatic rings. The van der Waals surface area contributed by atoms with E-state index in [2.05, 4.69) is 38.2 Å². The third kappa shape index (κ3) is 7.53. The van der Waals surface area contributed by atoms with Crippen LogP contribution >= 0.6 is 0 Å². The summed E-state index contributed by atoms with van der Waals surface area (Å²) < 4.78 is 22.6. The Morgan fingerprint density at radius 1 is 1.26 bits per heavy atom. The highest BCUT2D eigenvalue weighted by atomic mass is 32.2. The van der Waals surface area contributed by atoms with Crippen molar-refractivity contribution in [1.82, 2.24) is 5.32 Å². The number of nitrogens with one attached hydrogen (secondary N) is 1. The third-order valence-corrected chi connectivity index (χ3v) is 5.28. The topological polar surface area (TPSA) is 46.2 Å². The first-order valence-electron chi connectivity index (χ1n) is 7.09. The van der Waals surface area contributed by atoms with E-state index in [1.54, 1.807) is 0 Å². The molecule has 1 atom stereocenters. The van der Waals surface area contributed by atoms with E-state index in [1.807, 2.05) is 0 Å². The van der Waals surface area contributed by atoms with Gasteiger partial charge in [-0.25, -0.2) is 8.42 Å². The molecule has 1 fully saturated rings. The number of sulfone groups is 1. The maximum Gasteiger partial charge on any atom is 0.150 e. The predicted octanol–water partition coefficient (Wildman–Crippen LogP) is 2.70. The molecule has 3 nitrogen and oxygen atoms in total. The largest absolute Gasteiger partial charge is 0.313 e. The van der Waals surface area contributed by atoms with Gasteiger partial charge in [0.25, 0.3) is 0 Å². The Morgan fingerprint density at radius 3 is 2.58 bits per heavy atom. The molecule has 0 radical (unpaired) electrons. The maximum absolute atomic E-state index is 11.3. The van der Waals surface area contributed by atoms with Crippen LogP contribution in [0.3, 0.4) is 0 Å². The van der Waals surface area contributed by atoms with E-state index in [1.165, 1.54) is 11.1 Å². The Labute approximate surface area is 118 Å². The van der Waals surface area contributed by atoms with Crippen LogP contribution in [-0.4, -0.2) is 33.0 Å². The van der Waals surface area contributed by atoms with E-state index < -0.39 is 9.84 Å². The average Bonchev–Trinajstić information content (AvgIpc) is 2.64. The van der Waals surface area contributed by atoms with Gasteiger partial charge < -0.3 is 5.32 Å². The summed E-state index contributed by atoms with van der Waals surface area (Å²) in [7, 11) is -2.73. The third-order valence-electron chi connectivity index (χ3n) is 3.45. The van der Waals surface area contributed by atoms with Crippen molar-refractivity contribution in [2.24, 2.45) is 5.92 Å². The standard InChI is InChI=1S/C15H27NO2S/c1-13(2)5-4-6-14(3)7-9-16-11-15-8-10-19(17,18)12-15/h5,7,15-16H,4,6,8-12H2,1-3H3. The van der Waals surface area contributed by atoms with Gasteiger partial charge in [0, 0.05) is 6.54 Å². The molecule has 1 aliphatic heterocycles. The molecular formula is C15H27NO2S. The van der Waals surface area contributed by atoms with Crippen LogP contribution in [0.25, 0.3) is 0 Å². The van der Waals surface area contributed by atoms with Crippen molar-refractivity contribution in [1.29, 1.82) is 0 Å². The second-order valence-corrected chi connectivity index (χ2v) is 8.03. The van der Waals surface area contributed by atoms with Gasteiger partial charge in [-0.15, -0.1) is 0 Å². The number of rotatable bonds is 7. The smallest absolute Gasteiger partial charge is 0.150 e. The molecule has 1 unspecified atom stereocenters. The Balaban J connectivity index is 2.14. The summed E-state index contributed by atoms with van der Waals surface area (Å²) in [4.78, 5) is 0. The summed E-state index contributed by atoms with van der Waals surface area (Å²) in [5.74, 6) is 1.05. The van der Waals surface area contributed by atoms with E-state index in [0.29, 0.717) is 17.4 Å². The minimum atomic E-state index is -2.73. The van der Waals surface area contributed by atoms with E-state index in [0.717, 1.165) is 32.4 Å². The van der Waals surface area contributed by atoms with Gasteiger partial charge >= 0.3 is 0 Å². The highest BCUT2D eigenvalue weighted by molar-refractivity contribution is 7.91. The van der Waals surface area contributed by atoms with Gasteiger partial charge in [-0.1, -0.05) is 23.3 Å². The summed E-state index contributed by atoms with van der Waals surface area (Å²) in [6.07, 6.45) is 7.49. The summed E-state index contributed by atoms with van der Waals surface area (Å²) in [6, 6.07) is 0. The normalized spacial score (nSPS) is 22.5. The number of hydrogen-bond donors (Lipinski definition) is 1. The Morgan fingerprint density at radius 2 is 2.00 bits per heavy atom. The van der Waals surface area contributed by atoms with Crippen molar-refractivity contribution in [3.8, 4) is 0 Å². The molecule has 0 aromatic rings. The van der Waals surface area contributed by atoms with E-state index >= 15 is 0 Å². The average molecular weight is 285 g/mol. The molecule has 19 heavy (non-hydrogen) atoms. The SMILES string of the molecule is CC(C)=CCCC(C)=CCNCC1CCS(=O)(=O)C1. The molecule has 1 saturated heterocycles. The van der Waals surface area contributed by atoms with E-state index in [4.69, 9.17) is 0 Å². The minimum Gasteiger partial charge on any atom is -0.313 e. The van der Waals surface area contributed by atoms with Gasteiger partial charge in [0.15, 0.2) is 9.84 Å². The zero-order valence-corrected chi connectivity index (χ0v) is 13.2. The minimum absolute atomic E-state index is 0.310. The first-order chi connectivity index (χ1) is 8.89. The molecule has 110 valence electrons. The maximum atomic E-state index is 11.3. The number of hydrogen-bond acceptors (Lipinski definition) is 3. The summed E-state index contributed by atoms with van der Waals surface area (Å²) >= 11 is 0. The quantitative estimate of drug-likeness (QED) is 0.578. The molecule has 0 aliphatic carbocycles. The second kappa shape index (κ2) is 7.85. The molecule has 0 aromatic carbocycles. The second-order valence-electron chi connectivity index (χ2n) is 5.80. The van der Waals surface area contributed by atoms with Crippen LogP contribution < -0.4 is 5.32 Å². The summed E-state index contributed by atoms with van der Waals surface area (Å²) in [5.41, 5.74) is 2.76. The fourth-order valence-electron chi connectivity index (χ4n) is 2.26. The zero-order chi connectivity index (χ0) is 14.3. The molecule has 0 aromatic heterocycles. The molecule has 1 heterocycles. The lowest BCUT2D eigenvalue weighted by molar-refractivity contribution is 0.539. The molecule has 4 heteroatoms.